The molecule has 2 heteroatoms. The van der Waals surface area contributed by atoms with Crippen LogP contribution in [-0.4, -0.2) is 5.91 Å². The van der Waals surface area contributed by atoms with Crippen molar-refractivity contribution in [2.45, 2.75) is 39.5 Å². The van der Waals surface area contributed by atoms with E-state index in [9.17, 15) is 4.79 Å². The summed E-state index contributed by atoms with van der Waals surface area (Å²) in [7, 11) is 0. The Morgan fingerprint density at radius 3 is 2.73 bits per heavy atom. The van der Waals surface area contributed by atoms with Crippen molar-refractivity contribution in [1.82, 2.24) is 0 Å². The van der Waals surface area contributed by atoms with Gasteiger partial charge in [0.25, 0.3) is 0 Å². The largest absolute Gasteiger partial charge is 0.325 e. The van der Waals surface area contributed by atoms with Crippen molar-refractivity contribution in [3.63, 3.8) is 0 Å². The van der Waals surface area contributed by atoms with Crippen LogP contribution in [0.25, 0.3) is 0 Å². The highest BCUT2D eigenvalue weighted by Crippen LogP contribution is 2.38. The Hall–Kier alpha value is -1.31. The minimum absolute atomic E-state index is 0.0734. The first-order valence-electron chi connectivity index (χ1n) is 5.56. The molecule has 2 rings (SSSR count). The van der Waals surface area contributed by atoms with Gasteiger partial charge in [-0.15, -0.1) is 0 Å². The van der Waals surface area contributed by atoms with E-state index in [4.69, 9.17) is 0 Å². The van der Waals surface area contributed by atoms with Crippen molar-refractivity contribution in [3.05, 3.63) is 28.8 Å². The normalized spacial score (nSPS) is 18.9. The highest BCUT2D eigenvalue weighted by molar-refractivity contribution is 6.03. The van der Waals surface area contributed by atoms with Gasteiger partial charge in [0.05, 0.1) is 5.92 Å². The van der Waals surface area contributed by atoms with E-state index < -0.39 is 0 Å². The average Bonchev–Trinajstić information content (AvgIpc) is 2.52. The van der Waals surface area contributed by atoms with Gasteiger partial charge in [-0.25, -0.2) is 0 Å². The zero-order chi connectivity index (χ0) is 11.0. The van der Waals surface area contributed by atoms with Gasteiger partial charge in [0.15, 0.2) is 0 Å². The van der Waals surface area contributed by atoms with Gasteiger partial charge in [-0.3, -0.25) is 4.79 Å². The number of nitrogens with one attached hydrogen (secondary N) is 1. The number of amides is 1. The number of benzene rings is 1. The van der Waals surface area contributed by atoms with Crippen LogP contribution in [0.5, 0.6) is 0 Å². The van der Waals surface area contributed by atoms with Crippen LogP contribution in [0.15, 0.2) is 12.1 Å². The number of fused-ring (bicyclic) bond motifs is 1. The van der Waals surface area contributed by atoms with E-state index in [0.29, 0.717) is 0 Å². The molecule has 1 aliphatic rings. The summed E-state index contributed by atoms with van der Waals surface area (Å²) in [5.41, 5.74) is 4.69. The maximum absolute atomic E-state index is 11.8. The minimum Gasteiger partial charge on any atom is -0.325 e. The molecule has 1 amide bonds. The minimum atomic E-state index is 0.0734. The van der Waals surface area contributed by atoms with E-state index in [0.717, 1.165) is 18.5 Å². The lowest BCUT2D eigenvalue weighted by Gasteiger charge is -2.08. The molecular formula is C13H17NO. The fourth-order valence-electron chi connectivity index (χ4n) is 2.22. The van der Waals surface area contributed by atoms with Gasteiger partial charge in [0, 0.05) is 5.69 Å². The first kappa shape index (κ1) is 10.2. The molecule has 0 radical (unpaired) electrons. The fraction of sp³-hybridized carbons (Fsp3) is 0.462. The van der Waals surface area contributed by atoms with Crippen molar-refractivity contribution in [3.8, 4) is 0 Å². The topological polar surface area (TPSA) is 29.1 Å². The summed E-state index contributed by atoms with van der Waals surface area (Å²) in [6.45, 7) is 6.27. The molecule has 1 aromatic rings. The van der Waals surface area contributed by atoms with Crippen LogP contribution in [0.2, 0.25) is 0 Å². The van der Waals surface area contributed by atoms with Crippen molar-refractivity contribution in [2.75, 3.05) is 5.32 Å². The predicted molar refractivity (Wildman–Crippen MR) is 62.2 cm³/mol. The maximum Gasteiger partial charge on any atom is 0.232 e. The Kier molecular flexibility index (Phi) is 2.51. The third-order valence-electron chi connectivity index (χ3n) is 3.29. The highest BCUT2D eigenvalue weighted by Gasteiger charge is 2.30. The summed E-state index contributed by atoms with van der Waals surface area (Å²) in [5.74, 6) is 0.241. The summed E-state index contributed by atoms with van der Waals surface area (Å²) < 4.78 is 0. The quantitative estimate of drug-likeness (QED) is 0.786. The maximum atomic E-state index is 11.8. The molecule has 0 saturated carbocycles. The van der Waals surface area contributed by atoms with E-state index >= 15 is 0 Å². The van der Waals surface area contributed by atoms with Crippen LogP contribution in [0.3, 0.4) is 0 Å². The molecule has 0 aliphatic carbocycles. The lowest BCUT2D eigenvalue weighted by atomic mass is 9.93. The molecule has 80 valence electrons. The second-order valence-corrected chi connectivity index (χ2v) is 4.30. The molecule has 1 aromatic carbocycles. The van der Waals surface area contributed by atoms with Gasteiger partial charge < -0.3 is 5.32 Å². The molecule has 1 N–H and O–H groups in total. The highest BCUT2D eigenvalue weighted by atomic mass is 16.2. The van der Waals surface area contributed by atoms with Gasteiger partial charge in [-0.05, 0) is 37.0 Å². The Morgan fingerprint density at radius 2 is 2.07 bits per heavy atom. The molecule has 0 spiro atoms. The SMILES string of the molecule is CCCC1C(=O)Nc2c1ccc(C)c2C. The molecule has 0 aromatic heterocycles. The van der Waals surface area contributed by atoms with Crippen LogP contribution in [0, 0.1) is 13.8 Å². The number of hydrogen-bond donors (Lipinski definition) is 1. The van der Waals surface area contributed by atoms with Gasteiger partial charge in [-0.2, -0.15) is 0 Å². The first-order chi connectivity index (χ1) is 7.15. The number of aryl methyl sites for hydroxylation is 1. The van der Waals surface area contributed by atoms with Crippen molar-refractivity contribution in [2.24, 2.45) is 0 Å². The second-order valence-electron chi connectivity index (χ2n) is 4.30. The lowest BCUT2D eigenvalue weighted by molar-refractivity contribution is -0.117. The molecule has 1 atom stereocenters. The number of hydrogen-bond acceptors (Lipinski definition) is 1. The average molecular weight is 203 g/mol. The lowest BCUT2D eigenvalue weighted by Crippen LogP contribution is -2.11. The zero-order valence-electron chi connectivity index (χ0n) is 9.55. The summed E-state index contributed by atoms with van der Waals surface area (Å²) in [6, 6.07) is 4.20. The van der Waals surface area contributed by atoms with Gasteiger partial charge in [0.2, 0.25) is 5.91 Å². The van der Waals surface area contributed by atoms with Crippen LogP contribution >= 0.6 is 0 Å². The Labute approximate surface area is 90.7 Å². The molecule has 15 heavy (non-hydrogen) atoms. The molecule has 0 saturated heterocycles. The van der Waals surface area contributed by atoms with Crippen molar-refractivity contribution < 1.29 is 4.79 Å². The summed E-state index contributed by atoms with van der Waals surface area (Å²) >= 11 is 0. The van der Waals surface area contributed by atoms with E-state index in [2.05, 4.69) is 38.2 Å². The molecule has 1 unspecified atom stereocenters. The Bertz CT molecular complexity index is 409. The van der Waals surface area contributed by atoms with E-state index in [1.54, 1.807) is 0 Å². The molecule has 2 nitrogen and oxygen atoms in total. The summed E-state index contributed by atoms with van der Waals surface area (Å²) in [4.78, 5) is 11.8. The van der Waals surface area contributed by atoms with Gasteiger partial charge in [-0.1, -0.05) is 25.5 Å². The zero-order valence-corrected chi connectivity index (χ0v) is 9.55. The van der Waals surface area contributed by atoms with Gasteiger partial charge >= 0.3 is 0 Å². The smallest absolute Gasteiger partial charge is 0.232 e. The Morgan fingerprint density at radius 1 is 1.33 bits per heavy atom. The fourth-order valence-corrected chi connectivity index (χ4v) is 2.22. The van der Waals surface area contributed by atoms with Crippen LogP contribution in [0.4, 0.5) is 5.69 Å². The first-order valence-corrected chi connectivity index (χ1v) is 5.56. The third-order valence-corrected chi connectivity index (χ3v) is 3.29. The van der Waals surface area contributed by atoms with Crippen LogP contribution in [-0.2, 0) is 4.79 Å². The Balaban J connectivity index is 2.47. The number of carbonyl (C=O) groups excluding carboxylic acids is 1. The summed E-state index contributed by atoms with van der Waals surface area (Å²) in [6.07, 6.45) is 1.99. The monoisotopic (exact) mass is 203 g/mol. The van der Waals surface area contributed by atoms with E-state index in [-0.39, 0.29) is 11.8 Å². The standard InChI is InChI=1S/C13H17NO/c1-4-5-11-10-7-6-8(2)9(3)12(10)14-13(11)15/h6-7,11H,4-5H2,1-3H3,(H,14,15). The second kappa shape index (κ2) is 3.69. The van der Waals surface area contributed by atoms with Gasteiger partial charge in [0.1, 0.15) is 0 Å². The number of rotatable bonds is 2. The molecular weight excluding hydrogens is 186 g/mol. The number of anilines is 1. The molecule has 1 aliphatic heterocycles. The number of carbonyl (C=O) groups is 1. The molecule has 0 bridgehead atoms. The van der Waals surface area contributed by atoms with Crippen LogP contribution in [0.1, 0.15) is 42.4 Å². The van der Waals surface area contributed by atoms with Crippen molar-refractivity contribution in [1.29, 1.82) is 0 Å². The van der Waals surface area contributed by atoms with E-state index in [1.807, 2.05) is 0 Å². The predicted octanol–water partition coefficient (Wildman–Crippen LogP) is 3.14. The van der Waals surface area contributed by atoms with E-state index in [1.165, 1.54) is 16.7 Å². The molecule has 1 heterocycles. The summed E-state index contributed by atoms with van der Waals surface area (Å²) in [5, 5.41) is 3.00. The molecule has 0 fully saturated rings. The van der Waals surface area contributed by atoms with Crippen molar-refractivity contribution >= 4 is 11.6 Å². The third kappa shape index (κ3) is 1.54. The van der Waals surface area contributed by atoms with Crippen LogP contribution < -0.4 is 5.32 Å².